The van der Waals surface area contributed by atoms with Gasteiger partial charge in [-0.15, -0.1) is 0 Å². The molecule has 0 spiro atoms. The van der Waals surface area contributed by atoms with Crippen molar-refractivity contribution in [3.63, 3.8) is 0 Å². The number of hydrogen-bond acceptors (Lipinski definition) is 8. The molecular formula is C38H40N2O6. The molecule has 0 aromatic heterocycles. The van der Waals surface area contributed by atoms with E-state index in [-0.39, 0.29) is 0 Å². The molecule has 5 aromatic carbocycles. The molecule has 0 unspecified atom stereocenters. The Hall–Kier alpha value is -5.50. The number of ether oxygens (including phenoxy) is 6. The molecule has 8 heteroatoms. The Kier molecular flexibility index (Phi) is 9.76. The summed E-state index contributed by atoms with van der Waals surface area (Å²) >= 11 is 0. The van der Waals surface area contributed by atoms with Gasteiger partial charge < -0.3 is 33.3 Å². The minimum Gasteiger partial charge on any atom is -0.496 e. The number of anilines is 6. The van der Waals surface area contributed by atoms with Crippen molar-refractivity contribution in [1.29, 1.82) is 0 Å². The van der Waals surface area contributed by atoms with E-state index in [1.165, 1.54) is 11.1 Å². The molecule has 0 bridgehead atoms. The van der Waals surface area contributed by atoms with Crippen LogP contribution in [0.1, 0.15) is 11.1 Å². The third-order valence-corrected chi connectivity index (χ3v) is 7.76. The van der Waals surface area contributed by atoms with E-state index < -0.39 is 0 Å². The molecule has 238 valence electrons. The summed E-state index contributed by atoms with van der Waals surface area (Å²) in [4.78, 5) is 4.24. The lowest BCUT2D eigenvalue weighted by Gasteiger charge is -2.32. The van der Waals surface area contributed by atoms with E-state index in [4.69, 9.17) is 28.4 Å². The summed E-state index contributed by atoms with van der Waals surface area (Å²) in [5, 5.41) is 0. The lowest BCUT2D eigenvalue weighted by atomic mass is 10.1. The summed E-state index contributed by atoms with van der Waals surface area (Å²) in [6.45, 7) is 4.17. The van der Waals surface area contributed by atoms with Crippen LogP contribution in [0, 0.1) is 13.8 Å². The van der Waals surface area contributed by atoms with Gasteiger partial charge in [-0.2, -0.15) is 0 Å². The van der Waals surface area contributed by atoms with Crippen molar-refractivity contribution in [3.05, 3.63) is 108 Å². The predicted octanol–water partition coefficient (Wildman–Crippen LogP) is 9.29. The molecule has 0 radical (unpaired) electrons. The van der Waals surface area contributed by atoms with Gasteiger partial charge in [0.25, 0.3) is 0 Å². The zero-order valence-electron chi connectivity index (χ0n) is 27.6. The molecule has 5 aromatic rings. The van der Waals surface area contributed by atoms with Gasteiger partial charge in [0.15, 0.2) is 0 Å². The summed E-state index contributed by atoms with van der Waals surface area (Å²) in [5.41, 5.74) is 7.41. The standard InChI is InChI=1S/C38H40N2O6/c1-25-12-16-27(17-13-25)39(28-18-14-26(2)15-19-28)29-10-9-11-30(20-29)40(37-33(43-5)21-31(41-3)22-34(37)44-6)38-35(45-7)23-32(42-4)24-36(38)46-8/h9-24H,1-8H3. The van der Waals surface area contributed by atoms with E-state index in [9.17, 15) is 0 Å². The fraction of sp³-hybridized carbons (Fsp3) is 0.211. The Labute approximate surface area is 271 Å². The van der Waals surface area contributed by atoms with Crippen LogP contribution in [0.5, 0.6) is 34.5 Å². The van der Waals surface area contributed by atoms with Crippen molar-refractivity contribution in [1.82, 2.24) is 0 Å². The fourth-order valence-electron chi connectivity index (χ4n) is 5.39. The Balaban J connectivity index is 1.83. The summed E-state index contributed by atoms with van der Waals surface area (Å²) in [6.07, 6.45) is 0. The molecule has 46 heavy (non-hydrogen) atoms. The summed E-state index contributed by atoms with van der Waals surface area (Å²) < 4.78 is 35.0. The van der Waals surface area contributed by atoms with Crippen LogP contribution >= 0.6 is 0 Å². The van der Waals surface area contributed by atoms with Crippen LogP contribution < -0.4 is 38.2 Å². The quantitative estimate of drug-likeness (QED) is 0.137. The Morgan fingerprint density at radius 1 is 0.370 bits per heavy atom. The van der Waals surface area contributed by atoms with Crippen LogP contribution in [0.4, 0.5) is 34.1 Å². The van der Waals surface area contributed by atoms with Crippen LogP contribution in [0.15, 0.2) is 97.1 Å². The smallest absolute Gasteiger partial charge is 0.150 e. The monoisotopic (exact) mass is 620 g/mol. The van der Waals surface area contributed by atoms with Crippen LogP contribution in [0.25, 0.3) is 0 Å². The number of hydrogen-bond donors (Lipinski definition) is 0. The largest absolute Gasteiger partial charge is 0.496 e. The molecule has 0 heterocycles. The van der Waals surface area contributed by atoms with Crippen LogP contribution in [0.2, 0.25) is 0 Å². The minimum absolute atomic E-state index is 0.524. The van der Waals surface area contributed by atoms with Crippen molar-refractivity contribution in [3.8, 4) is 34.5 Å². The fourth-order valence-corrected chi connectivity index (χ4v) is 5.39. The maximum Gasteiger partial charge on any atom is 0.150 e. The van der Waals surface area contributed by atoms with E-state index in [1.807, 2.05) is 41.3 Å². The van der Waals surface area contributed by atoms with Crippen LogP contribution in [0.3, 0.4) is 0 Å². The highest BCUT2D eigenvalue weighted by Crippen LogP contribution is 2.54. The predicted molar refractivity (Wildman–Crippen MR) is 185 cm³/mol. The van der Waals surface area contributed by atoms with Gasteiger partial charge in [0.05, 0.1) is 42.7 Å². The van der Waals surface area contributed by atoms with E-state index in [0.717, 1.165) is 22.7 Å². The molecule has 0 saturated carbocycles. The third-order valence-electron chi connectivity index (χ3n) is 7.76. The molecule has 0 aliphatic heterocycles. The molecule has 0 aliphatic carbocycles. The minimum atomic E-state index is 0.524. The molecule has 5 rings (SSSR count). The van der Waals surface area contributed by atoms with Crippen molar-refractivity contribution in [2.75, 3.05) is 52.5 Å². The van der Waals surface area contributed by atoms with Gasteiger partial charge >= 0.3 is 0 Å². The Bertz CT molecular complexity index is 1630. The SMILES string of the molecule is COc1cc(OC)c(N(c2cccc(N(c3ccc(C)cc3)c3ccc(C)cc3)c2)c2c(OC)cc(OC)cc2OC)c(OC)c1. The van der Waals surface area contributed by atoms with Crippen molar-refractivity contribution < 1.29 is 28.4 Å². The first-order valence-electron chi connectivity index (χ1n) is 14.8. The van der Waals surface area contributed by atoms with Crippen molar-refractivity contribution in [2.45, 2.75) is 13.8 Å². The number of rotatable bonds is 12. The highest BCUT2D eigenvalue weighted by molar-refractivity contribution is 5.92. The molecule has 0 saturated heterocycles. The molecule has 0 amide bonds. The maximum absolute atomic E-state index is 5.97. The average Bonchev–Trinajstić information content (AvgIpc) is 3.10. The van der Waals surface area contributed by atoms with E-state index in [2.05, 4.69) is 79.4 Å². The molecule has 0 aliphatic rings. The Morgan fingerprint density at radius 2 is 0.717 bits per heavy atom. The van der Waals surface area contributed by atoms with E-state index in [0.29, 0.717) is 45.9 Å². The van der Waals surface area contributed by atoms with Gasteiger partial charge in [-0.05, 0) is 56.3 Å². The van der Waals surface area contributed by atoms with Gasteiger partial charge in [0.2, 0.25) is 0 Å². The first kappa shape index (κ1) is 31.9. The molecule has 8 nitrogen and oxygen atoms in total. The number of nitrogens with zero attached hydrogens (tertiary/aromatic N) is 2. The maximum atomic E-state index is 5.97. The normalized spacial score (nSPS) is 10.6. The van der Waals surface area contributed by atoms with Gasteiger partial charge in [-0.3, -0.25) is 4.90 Å². The summed E-state index contributed by atoms with van der Waals surface area (Å²) in [7, 11) is 9.68. The lowest BCUT2D eigenvalue weighted by Crippen LogP contribution is -2.16. The third kappa shape index (κ3) is 6.33. The molecule has 0 fully saturated rings. The summed E-state index contributed by atoms with van der Waals surface area (Å²) in [6, 6.07) is 32.5. The summed E-state index contributed by atoms with van der Waals surface area (Å²) in [5.74, 6) is 3.27. The second-order valence-electron chi connectivity index (χ2n) is 10.6. The number of benzene rings is 5. The van der Waals surface area contributed by atoms with Gasteiger partial charge in [-0.25, -0.2) is 0 Å². The second-order valence-corrected chi connectivity index (χ2v) is 10.6. The number of methoxy groups -OCH3 is 6. The number of aryl methyl sites for hydroxylation is 2. The highest BCUT2D eigenvalue weighted by Gasteiger charge is 2.29. The van der Waals surface area contributed by atoms with E-state index in [1.54, 1.807) is 42.7 Å². The van der Waals surface area contributed by atoms with E-state index >= 15 is 0 Å². The van der Waals surface area contributed by atoms with Gasteiger partial charge in [0.1, 0.15) is 45.9 Å². The first-order chi connectivity index (χ1) is 22.3. The second kappa shape index (κ2) is 14.1. The molecule has 0 atom stereocenters. The lowest BCUT2D eigenvalue weighted by molar-refractivity contribution is 0.373. The highest BCUT2D eigenvalue weighted by atomic mass is 16.5. The van der Waals surface area contributed by atoms with Gasteiger partial charge in [0, 0.05) is 47.0 Å². The van der Waals surface area contributed by atoms with Gasteiger partial charge in [-0.1, -0.05) is 41.5 Å². The average molecular weight is 621 g/mol. The molecular weight excluding hydrogens is 580 g/mol. The molecule has 0 N–H and O–H groups in total. The van der Waals surface area contributed by atoms with Crippen molar-refractivity contribution in [2.24, 2.45) is 0 Å². The van der Waals surface area contributed by atoms with Crippen LogP contribution in [-0.4, -0.2) is 42.7 Å². The Morgan fingerprint density at radius 3 is 1.04 bits per heavy atom. The zero-order valence-corrected chi connectivity index (χ0v) is 27.6. The van der Waals surface area contributed by atoms with Crippen LogP contribution in [-0.2, 0) is 0 Å². The topological polar surface area (TPSA) is 61.9 Å². The first-order valence-corrected chi connectivity index (χ1v) is 14.8. The zero-order chi connectivity index (χ0) is 32.8. The van der Waals surface area contributed by atoms with Crippen molar-refractivity contribution >= 4 is 34.1 Å².